The maximum atomic E-state index is 13.6. The molecule has 2 aromatic carbocycles. The van der Waals surface area contributed by atoms with Crippen LogP contribution in [0, 0.1) is 6.92 Å². The van der Waals surface area contributed by atoms with E-state index in [2.05, 4.69) is 10.2 Å². The summed E-state index contributed by atoms with van der Waals surface area (Å²) in [5.41, 5.74) is 4.67. The molecule has 3 aromatic rings. The number of aromatic nitrogens is 1. The monoisotopic (exact) mass is 615 g/mol. The number of hydrogen-bond acceptors (Lipinski definition) is 6. The van der Waals surface area contributed by atoms with Crippen molar-refractivity contribution < 1.29 is 24.2 Å². The molecule has 0 saturated carbocycles. The summed E-state index contributed by atoms with van der Waals surface area (Å²) >= 11 is 0. The predicted octanol–water partition coefficient (Wildman–Crippen LogP) is 5.49. The van der Waals surface area contributed by atoms with E-state index in [-0.39, 0.29) is 35.7 Å². The number of benzene rings is 2. The number of ether oxygens (including phenoxy) is 1. The summed E-state index contributed by atoms with van der Waals surface area (Å²) < 4.78 is 7.46. The molecule has 5 rings (SSSR count). The summed E-state index contributed by atoms with van der Waals surface area (Å²) in [7, 11) is 5.23. The second kappa shape index (κ2) is 12.1. The molecule has 0 radical (unpaired) electrons. The van der Waals surface area contributed by atoms with Gasteiger partial charge in [-0.3, -0.25) is 14.5 Å². The lowest BCUT2D eigenvalue weighted by atomic mass is 10.00. The number of phenolic OH excluding ortho intramolecular Hbond substituents is 1. The van der Waals surface area contributed by atoms with Crippen molar-refractivity contribution in [3.05, 3.63) is 71.0 Å². The third-order valence-corrected chi connectivity index (χ3v) is 8.67. The fourth-order valence-electron chi connectivity index (χ4n) is 6.35. The third-order valence-electron chi connectivity index (χ3n) is 8.67. The number of aryl methyl sites for hydroxylation is 2. The molecule has 240 valence electrons. The SMILES string of the molecule is Cc1ccc(N2C[C@H]3CC[C@@H](C2)N3C(=O)OC(C)(C)C)cc1C(=O)N[C@H](C)c1cc(O)cc(-c2cc(C(=O)N(C)C)n(C)c2)c1. The highest BCUT2D eigenvalue weighted by atomic mass is 16.6. The van der Waals surface area contributed by atoms with Crippen LogP contribution in [-0.4, -0.2) is 82.3 Å². The first-order valence-corrected chi connectivity index (χ1v) is 15.5. The molecule has 2 bridgehead atoms. The number of fused-ring (bicyclic) bond motifs is 2. The molecular formula is C35H45N5O5. The van der Waals surface area contributed by atoms with E-state index < -0.39 is 11.6 Å². The number of amides is 3. The molecule has 1 aromatic heterocycles. The minimum atomic E-state index is -0.540. The van der Waals surface area contributed by atoms with E-state index in [0.29, 0.717) is 24.3 Å². The number of hydrogen-bond donors (Lipinski definition) is 2. The van der Waals surface area contributed by atoms with Gasteiger partial charge in [-0.05, 0) is 101 Å². The first-order valence-electron chi connectivity index (χ1n) is 15.5. The van der Waals surface area contributed by atoms with Gasteiger partial charge in [0.1, 0.15) is 17.0 Å². The molecule has 0 aliphatic carbocycles. The van der Waals surface area contributed by atoms with E-state index in [1.807, 2.05) is 77.0 Å². The van der Waals surface area contributed by atoms with Gasteiger partial charge in [-0.15, -0.1) is 0 Å². The van der Waals surface area contributed by atoms with Crippen LogP contribution in [0.5, 0.6) is 5.75 Å². The Bertz CT molecular complexity index is 1610. The lowest BCUT2D eigenvalue weighted by molar-refractivity contribution is 0.0123. The average Bonchev–Trinajstić information content (AvgIpc) is 3.47. The summed E-state index contributed by atoms with van der Waals surface area (Å²) in [6.45, 7) is 10.8. The Morgan fingerprint density at radius 1 is 1.00 bits per heavy atom. The quantitative estimate of drug-likeness (QED) is 0.380. The van der Waals surface area contributed by atoms with Crippen molar-refractivity contribution in [2.24, 2.45) is 7.05 Å². The summed E-state index contributed by atoms with van der Waals surface area (Å²) in [5.74, 6) is -0.244. The fourth-order valence-corrected chi connectivity index (χ4v) is 6.35. The average molecular weight is 616 g/mol. The number of nitrogens with zero attached hydrogens (tertiary/aromatic N) is 4. The number of carbonyl (C=O) groups excluding carboxylic acids is 3. The maximum Gasteiger partial charge on any atom is 0.410 e. The smallest absolute Gasteiger partial charge is 0.410 e. The van der Waals surface area contributed by atoms with Gasteiger partial charge in [-0.2, -0.15) is 0 Å². The van der Waals surface area contributed by atoms with Crippen LogP contribution in [0.4, 0.5) is 10.5 Å². The summed E-state index contributed by atoms with van der Waals surface area (Å²) in [6.07, 6.45) is 3.46. The van der Waals surface area contributed by atoms with Gasteiger partial charge in [0.25, 0.3) is 11.8 Å². The third kappa shape index (κ3) is 6.79. The largest absolute Gasteiger partial charge is 0.508 e. The van der Waals surface area contributed by atoms with Gasteiger partial charge in [0.2, 0.25) is 0 Å². The van der Waals surface area contributed by atoms with Gasteiger partial charge < -0.3 is 29.5 Å². The number of nitrogens with one attached hydrogen (secondary N) is 1. The Labute approximate surface area is 265 Å². The Morgan fingerprint density at radius 2 is 1.67 bits per heavy atom. The summed E-state index contributed by atoms with van der Waals surface area (Å²) in [5, 5.41) is 13.7. The highest BCUT2D eigenvalue weighted by molar-refractivity contribution is 5.97. The standard InChI is InChI=1S/C35H45N5O5/c1-21-9-10-26(39-19-27-11-12-28(20-39)40(27)34(44)45-35(3,4)5)17-30(21)32(42)36-22(2)23-13-24(15-29(41)14-23)25-16-31(38(8)18-25)33(43)37(6)7/h9-10,13-18,22,27-28,41H,11-12,19-20H2,1-8H3,(H,36,42)/t22-,27-,28+/m1/s1. The molecule has 3 amide bonds. The van der Waals surface area contributed by atoms with E-state index in [4.69, 9.17) is 4.74 Å². The Balaban J connectivity index is 1.31. The number of piperazine rings is 1. The number of rotatable bonds is 6. The summed E-state index contributed by atoms with van der Waals surface area (Å²) in [4.78, 5) is 44.8. The molecule has 2 N–H and O–H groups in total. The minimum absolute atomic E-state index is 0.0684. The topological polar surface area (TPSA) is 107 Å². The Kier molecular flexibility index (Phi) is 8.62. The van der Waals surface area contributed by atoms with E-state index in [0.717, 1.165) is 40.8 Å². The van der Waals surface area contributed by atoms with Crippen LogP contribution < -0.4 is 10.2 Å². The molecule has 2 fully saturated rings. The molecule has 2 aliphatic rings. The first kappa shape index (κ1) is 31.9. The van der Waals surface area contributed by atoms with Crippen LogP contribution in [0.15, 0.2) is 48.7 Å². The Morgan fingerprint density at radius 3 is 2.29 bits per heavy atom. The van der Waals surface area contributed by atoms with E-state index in [1.54, 1.807) is 36.9 Å². The van der Waals surface area contributed by atoms with E-state index >= 15 is 0 Å². The predicted molar refractivity (Wildman–Crippen MR) is 175 cm³/mol. The van der Waals surface area contributed by atoms with Crippen LogP contribution in [0.2, 0.25) is 0 Å². The molecular weight excluding hydrogens is 570 g/mol. The Hall–Kier alpha value is -4.47. The number of anilines is 1. The van der Waals surface area contributed by atoms with Crippen LogP contribution in [0.25, 0.3) is 11.1 Å². The van der Waals surface area contributed by atoms with Crippen LogP contribution in [0.1, 0.15) is 78.6 Å². The molecule has 2 aliphatic heterocycles. The molecule has 2 saturated heterocycles. The zero-order valence-corrected chi connectivity index (χ0v) is 27.5. The van der Waals surface area contributed by atoms with Crippen molar-refractivity contribution in [1.82, 2.24) is 19.7 Å². The van der Waals surface area contributed by atoms with Gasteiger partial charge in [0.15, 0.2) is 0 Å². The van der Waals surface area contributed by atoms with Crippen molar-refractivity contribution in [3.8, 4) is 16.9 Å². The van der Waals surface area contributed by atoms with Crippen molar-refractivity contribution in [2.75, 3.05) is 32.1 Å². The first-order chi connectivity index (χ1) is 21.1. The van der Waals surface area contributed by atoms with Crippen molar-refractivity contribution in [3.63, 3.8) is 0 Å². The van der Waals surface area contributed by atoms with Crippen LogP contribution in [0.3, 0.4) is 0 Å². The number of aromatic hydroxyl groups is 1. The van der Waals surface area contributed by atoms with Crippen molar-refractivity contribution in [2.45, 2.75) is 71.2 Å². The maximum absolute atomic E-state index is 13.6. The van der Waals surface area contributed by atoms with Gasteiger partial charge in [0.05, 0.1) is 18.1 Å². The highest BCUT2D eigenvalue weighted by Crippen LogP contribution is 2.35. The number of phenols is 1. The molecule has 0 unspecified atom stereocenters. The second-order valence-electron chi connectivity index (χ2n) is 13.6. The molecule has 3 atom stereocenters. The molecule has 10 nitrogen and oxygen atoms in total. The van der Waals surface area contributed by atoms with Gasteiger partial charge in [-0.25, -0.2) is 4.79 Å². The van der Waals surface area contributed by atoms with Gasteiger partial charge in [-0.1, -0.05) is 6.07 Å². The van der Waals surface area contributed by atoms with Crippen LogP contribution in [-0.2, 0) is 11.8 Å². The van der Waals surface area contributed by atoms with E-state index in [1.165, 1.54) is 4.90 Å². The normalized spacial score (nSPS) is 18.5. The van der Waals surface area contributed by atoms with Crippen LogP contribution >= 0.6 is 0 Å². The lowest BCUT2D eigenvalue weighted by Crippen LogP contribution is -2.56. The van der Waals surface area contributed by atoms with Gasteiger partial charge in [0, 0.05) is 57.2 Å². The second-order valence-corrected chi connectivity index (χ2v) is 13.6. The highest BCUT2D eigenvalue weighted by Gasteiger charge is 2.44. The summed E-state index contributed by atoms with van der Waals surface area (Å²) in [6, 6.07) is 12.7. The fraction of sp³-hybridized carbons (Fsp3) is 0.457. The number of carbonyl (C=O) groups is 3. The molecule has 10 heteroatoms. The lowest BCUT2D eigenvalue weighted by Gasteiger charge is -2.42. The van der Waals surface area contributed by atoms with E-state index in [9.17, 15) is 19.5 Å². The molecule has 3 heterocycles. The van der Waals surface area contributed by atoms with Crippen molar-refractivity contribution >= 4 is 23.6 Å². The zero-order valence-electron chi connectivity index (χ0n) is 27.5. The minimum Gasteiger partial charge on any atom is -0.508 e. The van der Waals surface area contributed by atoms with Gasteiger partial charge >= 0.3 is 6.09 Å². The zero-order chi connectivity index (χ0) is 32.8. The molecule has 0 spiro atoms. The molecule has 45 heavy (non-hydrogen) atoms. The van der Waals surface area contributed by atoms with Crippen molar-refractivity contribution in [1.29, 1.82) is 0 Å².